The van der Waals surface area contributed by atoms with Crippen molar-refractivity contribution in [1.82, 2.24) is 10.3 Å². The number of hydrogen-bond donors (Lipinski definition) is 2. The van der Waals surface area contributed by atoms with Crippen molar-refractivity contribution in [3.8, 4) is 0 Å². The molecule has 0 amide bonds. The summed E-state index contributed by atoms with van der Waals surface area (Å²) in [7, 11) is 0. The highest BCUT2D eigenvalue weighted by Gasteiger charge is 2.22. The Balaban J connectivity index is 1.29. The van der Waals surface area contributed by atoms with Gasteiger partial charge in [0.2, 0.25) is 0 Å². The molecule has 37 heavy (non-hydrogen) atoms. The Bertz CT molecular complexity index is 1450. The van der Waals surface area contributed by atoms with Gasteiger partial charge in [-0.15, -0.1) is 0 Å². The fraction of sp³-hybridized carbons (Fsp3) is 0.219. The van der Waals surface area contributed by atoms with Crippen LogP contribution in [0.4, 0.5) is 15.9 Å². The van der Waals surface area contributed by atoms with Gasteiger partial charge in [0.1, 0.15) is 11.6 Å². The summed E-state index contributed by atoms with van der Waals surface area (Å²) in [4.78, 5) is 6.66. The van der Waals surface area contributed by atoms with Crippen LogP contribution in [0.15, 0.2) is 86.1 Å². The van der Waals surface area contributed by atoms with Gasteiger partial charge in [0, 0.05) is 48.3 Å². The van der Waals surface area contributed by atoms with Crippen LogP contribution in [0.25, 0.3) is 22.5 Å². The first-order chi connectivity index (χ1) is 17.9. The number of fused-ring (bicyclic) bond motifs is 1. The molecule has 5 rings (SSSR count). The first-order valence-electron chi connectivity index (χ1n) is 12.8. The Morgan fingerprint density at radius 3 is 2.59 bits per heavy atom. The molecule has 3 aromatic carbocycles. The SMILES string of the molecule is C=Cc1cccc2cc(Cc3ccnc(NC(=C)c4ccc(N5C[C@@H](C)N[C@@H](C)C5)cc4F)c3)ccc12. The molecule has 1 aliphatic rings. The van der Waals surface area contributed by atoms with E-state index in [4.69, 9.17) is 0 Å². The minimum atomic E-state index is -0.292. The molecule has 1 aliphatic heterocycles. The lowest BCUT2D eigenvalue weighted by molar-refractivity contribution is 0.406. The number of nitrogens with one attached hydrogen (secondary N) is 2. The van der Waals surface area contributed by atoms with Crippen molar-refractivity contribution in [2.75, 3.05) is 23.3 Å². The minimum Gasteiger partial charge on any atom is -0.368 e. The van der Waals surface area contributed by atoms with Crippen molar-refractivity contribution in [1.29, 1.82) is 0 Å². The summed E-state index contributed by atoms with van der Waals surface area (Å²) in [5.74, 6) is 0.352. The smallest absolute Gasteiger partial charge is 0.134 e. The van der Waals surface area contributed by atoms with E-state index in [0.717, 1.165) is 36.3 Å². The summed E-state index contributed by atoms with van der Waals surface area (Å²) >= 11 is 0. The molecule has 1 aromatic heterocycles. The van der Waals surface area contributed by atoms with Gasteiger partial charge in [-0.3, -0.25) is 0 Å². The molecule has 2 heterocycles. The molecule has 1 saturated heterocycles. The van der Waals surface area contributed by atoms with Gasteiger partial charge in [0.15, 0.2) is 0 Å². The Morgan fingerprint density at radius 2 is 1.84 bits per heavy atom. The predicted molar refractivity (Wildman–Crippen MR) is 154 cm³/mol. The van der Waals surface area contributed by atoms with Crippen molar-refractivity contribution >= 4 is 34.1 Å². The van der Waals surface area contributed by atoms with Crippen LogP contribution in [0, 0.1) is 5.82 Å². The van der Waals surface area contributed by atoms with Crippen LogP contribution in [0.5, 0.6) is 0 Å². The number of anilines is 2. The van der Waals surface area contributed by atoms with Gasteiger partial charge in [-0.1, -0.05) is 55.6 Å². The molecule has 0 bridgehead atoms. The molecule has 0 radical (unpaired) electrons. The Kier molecular flexibility index (Phi) is 7.06. The molecule has 1 fully saturated rings. The summed E-state index contributed by atoms with van der Waals surface area (Å²) in [5, 5.41) is 9.11. The average molecular weight is 493 g/mol. The molecule has 0 saturated carbocycles. The van der Waals surface area contributed by atoms with E-state index in [2.05, 4.69) is 83.9 Å². The van der Waals surface area contributed by atoms with Crippen LogP contribution < -0.4 is 15.5 Å². The molecule has 0 spiro atoms. The summed E-state index contributed by atoms with van der Waals surface area (Å²) in [5.41, 5.74) is 5.28. The number of aromatic nitrogens is 1. The molecule has 0 aliphatic carbocycles. The number of piperazine rings is 1. The van der Waals surface area contributed by atoms with Crippen LogP contribution in [0.1, 0.15) is 36.1 Å². The third-order valence-electron chi connectivity index (χ3n) is 6.91. The van der Waals surface area contributed by atoms with Crippen molar-refractivity contribution in [2.24, 2.45) is 0 Å². The highest BCUT2D eigenvalue weighted by Crippen LogP contribution is 2.26. The number of halogens is 1. The lowest BCUT2D eigenvalue weighted by atomic mass is 9.99. The fourth-order valence-electron chi connectivity index (χ4n) is 5.24. The number of nitrogens with zero attached hydrogens (tertiary/aromatic N) is 2. The maximum atomic E-state index is 15.1. The van der Waals surface area contributed by atoms with Gasteiger partial charge < -0.3 is 15.5 Å². The normalized spacial score (nSPS) is 17.5. The van der Waals surface area contributed by atoms with Gasteiger partial charge in [0.25, 0.3) is 0 Å². The summed E-state index contributed by atoms with van der Waals surface area (Å²) in [6.45, 7) is 14.0. The zero-order chi connectivity index (χ0) is 25.9. The van der Waals surface area contributed by atoms with E-state index >= 15 is 4.39 Å². The van der Waals surface area contributed by atoms with E-state index in [1.54, 1.807) is 18.3 Å². The number of hydrogen-bond acceptors (Lipinski definition) is 4. The summed E-state index contributed by atoms with van der Waals surface area (Å²) in [6.07, 6.45) is 4.43. The van der Waals surface area contributed by atoms with E-state index < -0.39 is 0 Å². The highest BCUT2D eigenvalue weighted by atomic mass is 19.1. The zero-order valence-electron chi connectivity index (χ0n) is 21.5. The fourth-order valence-corrected chi connectivity index (χ4v) is 5.24. The number of benzene rings is 3. The molecule has 2 atom stereocenters. The third kappa shape index (κ3) is 5.57. The molecule has 4 aromatic rings. The third-order valence-corrected chi connectivity index (χ3v) is 6.91. The van der Waals surface area contributed by atoms with Crippen LogP contribution in [0.2, 0.25) is 0 Å². The molecule has 0 unspecified atom stereocenters. The van der Waals surface area contributed by atoms with Crippen LogP contribution >= 0.6 is 0 Å². The number of pyridine rings is 1. The van der Waals surface area contributed by atoms with Crippen LogP contribution in [-0.2, 0) is 6.42 Å². The first-order valence-corrected chi connectivity index (χ1v) is 12.8. The van der Waals surface area contributed by atoms with E-state index in [0.29, 0.717) is 29.2 Å². The van der Waals surface area contributed by atoms with E-state index in [-0.39, 0.29) is 5.82 Å². The average Bonchev–Trinajstić information content (AvgIpc) is 2.87. The molecule has 2 N–H and O–H groups in total. The van der Waals surface area contributed by atoms with E-state index in [1.165, 1.54) is 16.3 Å². The van der Waals surface area contributed by atoms with E-state index in [1.807, 2.05) is 24.3 Å². The summed E-state index contributed by atoms with van der Waals surface area (Å²) < 4.78 is 15.1. The van der Waals surface area contributed by atoms with Gasteiger partial charge in [-0.25, -0.2) is 9.37 Å². The second kappa shape index (κ2) is 10.6. The molecular formula is C32H33FN4. The second-order valence-electron chi connectivity index (χ2n) is 9.97. The topological polar surface area (TPSA) is 40.2 Å². The summed E-state index contributed by atoms with van der Waals surface area (Å²) in [6, 6.07) is 22.9. The maximum absolute atomic E-state index is 15.1. The molecule has 5 heteroatoms. The van der Waals surface area contributed by atoms with Crippen molar-refractivity contribution < 1.29 is 4.39 Å². The van der Waals surface area contributed by atoms with Gasteiger partial charge in [-0.05, 0) is 78.1 Å². The van der Waals surface area contributed by atoms with Crippen molar-refractivity contribution in [2.45, 2.75) is 32.4 Å². The lowest BCUT2D eigenvalue weighted by Crippen LogP contribution is -2.54. The van der Waals surface area contributed by atoms with Gasteiger partial charge >= 0.3 is 0 Å². The zero-order valence-corrected chi connectivity index (χ0v) is 21.5. The molecular weight excluding hydrogens is 459 g/mol. The predicted octanol–water partition coefficient (Wildman–Crippen LogP) is 6.88. The monoisotopic (exact) mass is 492 g/mol. The first kappa shape index (κ1) is 24.7. The quantitative estimate of drug-likeness (QED) is 0.295. The van der Waals surface area contributed by atoms with Crippen molar-refractivity contribution in [3.05, 3.63) is 114 Å². The Morgan fingerprint density at radius 1 is 1.05 bits per heavy atom. The van der Waals surface area contributed by atoms with Gasteiger partial charge in [0.05, 0.1) is 0 Å². The standard InChI is InChI=1S/C32H33FN4/c1-5-26-7-6-8-27-16-24(9-11-30(26)27)15-25-13-14-34-32(17-25)36-23(4)29-12-10-28(18-31(29)33)37-19-21(2)35-22(3)20-37/h5-14,16-18,21-22,35H,1,4,15,19-20H2,2-3H3,(H,34,36)/t21-,22+. The van der Waals surface area contributed by atoms with Crippen LogP contribution in [0.3, 0.4) is 0 Å². The van der Waals surface area contributed by atoms with Crippen molar-refractivity contribution in [3.63, 3.8) is 0 Å². The second-order valence-corrected chi connectivity index (χ2v) is 9.97. The van der Waals surface area contributed by atoms with Gasteiger partial charge in [-0.2, -0.15) is 0 Å². The van der Waals surface area contributed by atoms with E-state index in [9.17, 15) is 0 Å². The Hall–Kier alpha value is -3.96. The Labute approximate surface area is 218 Å². The maximum Gasteiger partial charge on any atom is 0.134 e. The van der Waals surface area contributed by atoms with Crippen LogP contribution in [-0.4, -0.2) is 30.2 Å². The highest BCUT2D eigenvalue weighted by molar-refractivity contribution is 5.90. The molecule has 4 nitrogen and oxygen atoms in total. The molecule has 188 valence electrons. The largest absolute Gasteiger partial charge is 0.368 e. The number of rotatable bonds is 7. The lowest BCUT2D eigenvalue weighted by Gasteiger charge is -2.37. The minimum absolute atomic E-state index is 0.292.